The van der Waals surface area contributed by atoms with E-state index in [1.165, 1.54) is 17.8 Å². The summed E-state index contributed by atoms with van der Waals surface area (Å²) >= 11 is 1.53. The molecule has 2 aromatic carbocycles. The Bertz CT molecular complexity index is 913. The summed E-state index contributed by atoms with van der Waals surface area (Å²) < 4.78 is 19.0. The SMILES string of the molecule is O=C1COc2ccc(C(=O)C3CCN(CCSc4ccccc4F)CC3)cc2N1. The molecule has 0 radical (unpaired) electrons. The first kappa shape index (κ1) is 19.9. The van der Waals surface area contributed by atoms with Crippen LogP contribution < -0.4 is 10.1 Å². The standard InChI is InChI=1S/C22H23FN2O3S/c23-17-3-1-2-4-20(17)29-12-11-25-9-7-15(8-10-25)22(27)16-5-6-19-18(13-16)24-21(26)14-28-19/h1-6,13,15H,7-12,14H2,(H,24,26). The maximum Gasteiger partial charge on any atom is 0.262 e. The number of halogens is 1. The van der Waals surface area contributed by atoms with Crippen LogP contribution >= 0.6 is 11.8 Å². The first-order valence-electron chi connectivity index (χ1n) is 9.81. The van der Waals surface area contributed by atoms with Crippen molar-refractivity contribution in [3.63, 3.8) is 0 Å². The number of ether oxygens (including phenoxy) is 1. The molecule has 0 saturated carbocycles. The van der Waals surface area contributed by atoms with E-state index < -0.39 is 0 Å². The molecule has 0 unspecified atom stereocenters. The van der Waals surface area contributed by atoms with E-state index in [1.807, 2.05) is 6.07 Å². The van der Waals surface area contributed by atoms with Crippen molar-refractivity contribution in [1.82, 2.24) is 4.90 Å². The lowest BCUT2D eigenvalue weighted by atomic mass is 9.88. The van der Waals surface area contributed by atoms with Crippen LogP contribution in [0.3, 0.4) is 0 Å². The minimum Gasteiger partial charge on any atom is -0.482 e. The minimum atomic E-state index is -0.205. The molecule has 0 aromatic heterocycles. The Morgan fingerprint density at radius 2 is 2.00 bits per heavy atom. The number of anilines is 1. The van der Waals surface area contributed by atoms with Crippen LogP contribution in [0.2, 0.25) is 0 Å². The van der Waals surface area contributed by atoms with Crippen molar-refractivity contribution in [2.75, 3.05) is 37.3 Å². The third-order valence-corrected chi connectivity index (χ3v) is 6.39. The molecular weight excluding hydrogens is 391 g/mol. The monoisotopic (exact) mass is 414 g/mol. The van der Waals surface area contributed by atoms with Crippen LogP contribution in [0.4, 0.5) is 10.1 Å². The number of rotatable bonds is 6. The van der Waals surface area contributed by atoms with Crippen LogP contribution in [-0.2, 0) is 4.79 Å². The number of fused-ring (bicyclic) bond motifs is 1. The largest absolute Gasteiger partial charge is 0.482 e. The Hall–Kier alpha value is -2.38. The van der Waals surface area contributed by atoms with Gasteiger partial charge in [0.25, 0.3) is 5.91 Å². The van der Waals surface area contributed by atoms with Gasteiger partial charge in [-0.05, 0) is 56.3 Å². The second-order valence-electron chi connectivity index (χ2n) is 7.31. The fourth-order valence-electron chi connectivity index (χ4n) is 3.74. The predicted octanol–water partition coefficient (Wildman–Crippen LogP) is 3.84. The highest BCUT2D eigenvalue weighted by Crippen LogP contribution is 2.31. The molecule has 2 aliphatic heterocycles. The molecule has 7 heteroatoms. The van der Waals surface area contributed by atoms with Gasteiger partial charge in [-0.2, -0.15) is 0 Å². The summed E-state index contributed by atoms with van der Waals surface area (Å²) in [5, 5.41) is 2.75. The van der Waals surface area contributed by atoms with Crippen LogP contribution in [-0.4, -0.2) is 48.6 Å². The van der Waals surface area contributed by atoms with Gasteiger partial charge in [0.2, 0.25) is 0 Å². The Morgan fingerprint density at radius 1 is 1.21 bits per heavy atom. The van der Waals surface area contributed by atoms with Crippen LogP contribution in [0.1, 0.15) is 23.2 Å². The van der Waals surface area contributed by atoms with Gasteiger partial charge in [-0.1, -0.05) is 12.1 Å². The second-order valence-corrected chi connectivity index (χ2v) is 8.44. The van der Waals surface area contributed by atoms with Gasteiger partial charge in [-0.15, -0.1) is 11.8 Å². The van der Waals surface area contributed by atoms with Gasteiger partial charge in [-0.3, -0.25) is 9.59 Å². The number of hydrogen-bond donors (Lipinski definition) is 1. The van der Waals surface area contributed by atoms with Crippen LogP contribution in [0.25, 0.3) is 0 Å². The van der Waals surface area contributed by atoms with E-state index in [0.717, 1.165) is 38.2 Å². The zero-order valence-electron chi connectivity index (χ0n) is 16.0. The lowest BCUT2D eigenvalue weighted by Gasteiger charge is -2.31. The van der Waals surface area contributed by atoms with E-state index in [4.69, 9.17) is 4.74 Å². The molecular formula is C22H23FN2O3S. The van der Waals surface area contributed by atoms with Crippen molar-refractivity contribution in [3.8, 4) is 5.75 Å². The molecule has 4 rings (SSSR count). The maximum atomic E-state index is 13.7. The summed E-state index contributed by atoms with van der Waals surface area (Å²) in [6, 6.07) is 12.1. The Morgan fingerprint density at radius 3 is 2.79 bits per heavy atom. The van der Waals surface area contributed by atoms with Crippen LogP contribution in [0.5, 0.6) is 5.75 Å². The number of nitrogens with zero attached hydrogens (tertiary/aromatic N) is 1. The molecule has 1 amide bonds. The first-order valence-corrected chi connectivity index (χ1v) is 10.8. The molecule has 0 bridgehead atoms. The topological polar surface area (TPSA) is 58.6 Å². The molecule has 29 heavy (non-hydrogen) atoms. The lowest BCUT2D eigenvalue weighted by molar-refractivity contribution is -0.118. The summed E-state index contributed by atoms with van der Waals surface area (Å²) in [6.45, 7) is 2.61. The normalized spacial score (nSPS) is 17.3. The van der Waals surface area contributed by atoms with Crippen molar-refractivity contribution in [3.05, 3.63) is 53.8 Å². The van der Waals surface area contributed by atoms with Gasteiger partial charge in [0.05, 0.1) is 5.69 Å². The van der Waals surface area contributed by atoms with Crippen LogP contribution in [0.15, 0.2) is 47.4 Å². The van der Waals surface area contributed by atoms with E-state index in [-0.39, 0.29) is 30.0 Å². The highest BCUT2D eigenvalue weighted by molar-refractivity contribution is 7.99. The van der Waals surface area contributed by atoms with E-state index in [1.54, 1.807) is 30.3 Å². The third kappa shape index (κ3) is 4.79. The Kier molecular flexibility index (Phi) is 6.16. The lowest BCUT2D eigenvalue weighted by Crippen LogP contribution is -2.37. The molecule has 1 saturated heterocycles. The number of carbonyl (C=O) groups excluding carboxylic acids is 2. The molecule has 0 atom stereocenters. The number of nitrogens with one attached hydrogen (secondary N) is 1. The molecule has 5 nitrogen and oxygen atoms in total. The average molecular weight is 415 g/mol. The molecule has 2 heterocycles. The highest BCUT2D eigenvalue weighted by atomic mass is 32.2. The molecule has 0 spiro atoms. The molecule has 0 aliphatic carbocycles. The summed E-state index contributed by atoms with van der Waals surface area (Å²) in [5.41, 5.74) is 1.18. The number of ketones is 1. The van der Waals surface area contributed by atoms with E-state index >= 15 is 0 Å². The average Bonchev–Trinajstić information content (AvgIpc) is 2.74. The smallest absolute Gasteiger partial charge is 0.262 e. The summed E-state index contributed by atoms with van der Waals surface area (Å²) in [7, 11) is 0. The number of carbonyl (C=O) groups is 2. The summed E-state index contributed by atoms with van der Waals surface area (Å²) in [4.78, 5) is 27.4. The fourth-order valence-corrected chi connectivity index (χ4v) is 4.69. The molecule has 2 aromatic rings. The Labute approximate surface area is 173 Å². The van der Waals surface area contributed by atoms with Gasteiger partial charge in [0, 0.05) is 28.7 Å². The number of Topliss-reactive ketones (excluding diaryl/α,β-unsaturated/α-hetero) is 1. The van der Waals surface area contributed by atoms with Crippen molar-refractivity contribution in [1.29, 1.82) is 0 Å². The summed E-state index contributed by atoms with van der Waals surface area (Å²) in [6.07, 6.45) is 1.62. The van der Waals surface area contributed by atoms with Crippen molar-refractivity contribution >= 4 is 29.1 Å². The molecule has 2 aliphatic rings. The highest BCUT2D eigenvalue weighted by Gasteiger charge is 2.27. The van der Waals surface area contributed by atoms with Gasteiger partial charge in [0.1, 0.15) is 11.6 Å². The number of amides is 1. The number of thioether (sulfide) groups is 1. The molecule has 1 N–H and O–H groups in total. The van der Waals surface area contributed by atoms with Gasteiger partial charge in [0.15, 0.2) is 12.4 Å². The number of hydrogen-bond acceptors (Lipinski definition) is 5. The molecule has 152 valence electrons. The van der Waals surface area contributed by atoms with E-state index in [2.05, 4.69) is 10.2 Å². The number of benzene rings is 2. The zero-order valence-corrected chi connectivity index (χ0v) is 16.8. The van der Waals surface area contributed by atoms with Crippen molar-refractivity contribution < 1.29 is 18.7 Å². The second kappa shape index (κ2) is 8.97. The molecule has 1 fully saturated rings. The van der Waals surface area contributed by atoms with Gasteiger partial charge in [-0.25, -0.2) is 4.39 Å². The zero-order chi connectivity index (χ0) is 20.2. The van der Waals surface area contributed by atoms with Crippen LogP contribution in [0, 0.1) is 11.7 Å². The quantitative estimate of drug-likeness (QED) is 0.575. The van der Waals surface area contributed by atoms with Gasteiger partial charge < -0.3 is 15.0 Å². The van der Waals surface area contributed by atoms with E-state index in [0.29, 0.717) is 21.9 Å². The fraction of sp³-hybridized carbons (Fsp3) is 0.364. The van der Waals surface area contributed by atoms with E-state index in [9.17, 15) is 14.0 Å². The minimum absolute atomic E-state index is 0.00789. The van der Waals surface area contributed by atoms with Gasteiger partial charge >= 0.3 is 0 Å². The maximum absolute atomic E-state index is 13.7. The number of piperidine rings is 1. The van der Waals surface area contributed by atoms with Crippen molar-refractivity contribution in [2.45, 2.75) is 17.7 Å². The number of likely N-dealkylation sites (tertiary alicyclic amines) is 1. The first-order chi connectivity index (χ1) is 14.1. The third-order valence-electron chi connectivity index (χ3n) is 5.36. The van der Waals surface area contributed by atoms with Crippen molar-refractivity contribution in [2.24, 2.45) is 5.92 Å². The Balaban J connectivity index is 1.27. The predicted molar refractivity (Wildman–Crippen MR) is 111 cm³/mol. The summed E-state index contributed by atoms with van der Waals surface area (Å²) in [5.74, 6) is 1.15.